The van der Waals surface area contributed by atoms with Gasteiger partial charge >= 0.3 is 24.2 Å². The van der Waals surface area contributed by atoms with Crippen LogP contribution in [-0.2, 0) is 25.5 Å². The monoisotopic (exact) mass is 589 g/mol. The molecular weight excluding hydrogens is 561 g/mol. The minimum atomic E-state index is -1.15. The summed E-state index contributed by atoms with van der Waals surface area (Å²) < 4.78 is 28.7. The van der Waals surface area contributed by atoms with E-state index in [4.69, 9.17) is 25.8 Å². The number of rotatable bonds is 10. The number of halogens is 2. The Kier molecular flexibility index (Phi) is 11.0. The number of amides is 4. The van der Waals surface area contributed by atoms with Crippen LogP contribution in [0, 0.1) is 5.82 Å². The first kappa shape index (κ1) is 30.9. The van der Waals surface area contributed by atoms with Crippen molar-refractivity contribution in [2.24, 2.45) is 0 Å². The van der Waals surface area contributed by atoms with E-state index in [1.54, 1.807) is 18.3 Å². The lowest BCUT2D eigenvalue weighted by atomic mass is 10.2. The van der Waals surface area contributed by atoms with Crippen molar-refractivity contribution in [1.29, 1.82) is 0 Å². The highest BCUT2D eigenvalue weighted by molar-refractivity contribution is 6.31. The van der Waals surface area contributed by atoms with E-state index in [0.717, 1.165) is 17.7 Å². The van der Waals surface area contributed by atoms with E-state index in [1.807, 2.05) is 24.3 Å². The van der Waals surface area contributed by atoms with Gasteiger partial charge in [-0.2, -0.15) is 0 Å². The fourth-order valence-corrected chi connectivity index (χ4v) is 3.76. The number of benzene rings is 2. The van der Waals surface area contributed by atoms with Crippen molar-refractivity contribution in [2.75, 3.05) is 25.5 Å². The van der Waals surface area contributed by atoms with Crippen LogP contribution in [0.25, 0.3) is 10.8 Å². The summed E-state index contributed by atoms with van der Waals surface area (Å²) in [6.07, 6.45) is -1.33. The van der Waals surface area contributed by atoms with Crippen LogP contribution < -0.4 is 16.0 Å². The van der Waals surface area contributed by atoms with E-state index < -0.39 is 42.3 Å². The summed E-state index contributed by atoms with van der Waals surface area (Å²) in [6.45, 7) is 1.87. The second-order valence-corrected chi connectivity index (χ2v) is 9.12. The zero-order valence-electron chi connectivity index (χ0n) is 22.5. The number of pyridine rings is 1. The molecule has 1 heterocycles. The number of nitrogens with zero attached hydrogens (tertiary/aromatic N) is 2. The van der Waals surface area contributed by atoms with Crippen LogP contribution in [0.1, 0.15) is 19.4 Å². The van der Waals surface area contributed by atoms with E-state index in [2.05, 4.69) is 20.9 Å². The van der Waals surface area contributed by atoms with Crippen LogP contribution >= 0.6 is 11.6 Å². The molecule has 3 aromatic rings. The molecule has 0 aliphatic heterocycles. The molecule has 14 heteroatoms. The molecule has 0 aliphatic carbocycles. The van der Waals surface area contributed by atoms with Gasteiger partial charge in [0.25, 0.3) is 0 Å². The molecule has 1 aromatic heterocycles. The van der Waals surface area contributed by atoms with Gasteiger partial charge in [-0.3, -0.25) is 10.1 Å². The van der Waals surface area contributed by atoms with Crippen LogP contribution in [0.5, 0.6) is 0 Å². The second kappa shape index (κ2) is 14.7. The van der Waals surface area contributed by atoms with Gasteiger partial charge in [-0.1, -0.05) is 48.0 Å². The summed E-state index contributed by atoms with van der Waals surface area (Å²) in [7, 11) is 1.41. The van der Waals surface area contributed by atoms with Crippen LogP contribution in [0.3, 0.4) is 0 Å². The zero-order valence-corrected chi connectivity index (χ0v) is 23.2. The molecule has 3 rings (SSSR count). The van der Waals surface area contributed by atoms with Crippen LogP contribution in [-0.4, -0.2) is 66.6 Å². The molecule has 3 N–H and O–H groups in total. The highest BCUT2D eigenvalue weighted by Crippen LogP contribution is 2.19. The standard InChI is InChI=1S/C27H29ClFN5O7/c1-16(35)40-17(2)41-26(37)32-14-21(34(3)25(36)31-13-20-9-6-10-22(29)24(20)28)15-39-27(38)33-23-11-18-7-4-5-8-19(18)12-30-23/h4-12,17,21H,13-15H2,1-3H3,(H,31,36)(H,32,37)(H,30,33,38)/t17?,21-/m0/s1. The first-order valence-electron chi connectivity index (χ1n) is 12.4. The Hall–Kier alpha value is -4.65. The number of likely N-dealkylation sites (N-methyl/N-ethyl adjacent to an activating group) is 1. The van der Waals surface area contributed by atoms with Crippen molar-refractivity contribution in [2.45, 2.75) is 32.7 Å². The van der Waals surface area contributed by atoms with Crippen LogP contribution in [0.2, 0.25) is 5.02 Å². The molecule has 0 bridgehead atoms. The summed E-state index contributed by atoms with van der Waals surface area (Å²) in [5.74, 6) is -1.02. The third-order valence-electron chi connectivity index (χ3n) is 5.68. The highest BCUT2D eigenvalue weighted by Gasteiger charge is 2.24. The normalized spacial score (nSPS) is 12.0. The molecule has 0 aliphatic rings. The molecular formula is C27H29ClFN5O7. The molecule has 4 amide bonds. The van der Waals surface area contributed by atoms with Gasteiger partial charge in [-0.15, -0.1) is 0 Å². The Balaban J connectivity index is 1.62. The Labute approximate surface area is 240 Å². The van der Waals surface area contributed by atoms with E-state index in [1.165, 1.54) is 31.0 Å². The smallest absolute Gasteiger partial charge is 0.412 e. The largest absolute Gasteiger partial charge is 0.447 e. The Morgan fingerprint density at radius 2 is 1.76 bits per heavy atom. The highest BCUT2D eigenvalue weighted by atomic mass is 35.5. The van der Waals surface area contributed by atoms with Crippen molar-refractivity contribution < 1.29 is 37.8 Å². The number of ether oxygens (including phenoxy) is 3. The average Bonchev–Trinajstić information content (AvgIpc) is 2.92. The SMILES string of the molecule is CC(=O)OC(C)OC(=O)NC[C@@H](COC(=O)Nc1cc2ccccc2cn1)N(C)C(=O)NCc1cccc(F)c1Cl. The van der Waals surface area contributed by atoms with Crippen LogP contribution in [0.4, 0.5) is 24.6 Å². The van der Waals surface area contributed by atoms with Crippen molar-refractivity contribution in [3.63, 3.8) is 0 Å². The van der Waals surface area contributed by atoms with Gasteiger partial charge in [-0.25, -0.2) is 23.8 Å². The Bertz CT molecular complexity index is 1410. The summed E-state index contributed by atoms with van der Waals surface area (Å²) in [6, 6.07) is 11.8. The van der Waals surface area contributed by atoms with E-state index in [0.29, 0.717) is 5.56 Å². The second-order valence-electron chi connectivity index (χ2n) is 8.74. The molecule has 0 fully saturated rings. The molecule has 1 unspecified atom stereocenters. The molecule has 0 radical (unpaired) electrons. The average molecular weight is 590 g/mol. The number of fused-ring (bicyclic) bond motifs is 1. The number of hydrogen-bond donors (Lipinski definition) is 3. The van der Waals surface area contributed by atoms with Gasteiger partial charge in [-0.05, 0) is 23.1 Å². The molecule has 0 spiro atoms. The van der Waals surface area contributed by atoms with Gasteiger partial charge in [0, 0.05) is 45.6 Å². The molecule has 0 saturated carbocycles. The predicted molar refractivity (Wildman–Crippen MR) is 148 cm³/mol. The Morgan fingerprint density at radius 1 is 1.02 bits per heavy atom. The quantitative estimate of drug-likeness (QED) is 0.232. The maximum Gasteiger partial charge on any atom is 0.412 e. The number of anilines is 1. The summed E-state index contributed by atoms with van der Waals surface area (Å²) in [5, 5.41) is 9.18. The topological polar surface area (TPSA) is 148 Å². The summed E-state index contributed by atoms with van der Waals surface area (Å²) in [5.41, 5.74) is 0.352. The van der Waals surface area contributed by atoms with Crippen molar-refractivity contribution in [3.8, 4) is 0 Å². The lowest BCUT2D eigenvalue weighted by molar-refractivity contribution is -0.162. The fraction of sp³-hybridized carbons (Fsp3) is 0.296. The molecule has 2 aromatic carbocycles. The van der Waals surface area contributed by atoms with E-state index in [-0.39, 0.29) is 30.5 Å². The summed E-state index contributed by atoms with van der Waals surface area (Å²) >= 11 is 5.96. The number of esters is 1. The lowest BCUT2D eigenvalue weighted by Gasteiger charge is -2.28. The number of hydrogen-bond acceptors (Lipinski definition) is 8. The number of nitrogens with one attached hydrogen (secondary N) is 3. The fourth-order valence-electron chi connectivity index (χ4n) is 3.57. The third kappa shape index (κ3) is 9.49. The number of aromatic nitrogens is 1. The predicted octanol–water partition coefficient (Wildman–Crippen LogP) is 4.42. The molecule has 41 heavy (non-hydrogen) atoms. The van der Waals surface area contributed by atoms with Crippen molar-refractivity contribution in [3.05, 3.63) is 71.1 Å². The Morgan fingerprint density at radius 3 is 2.49 bits per heavy atom. The van der Waals surface area contributed by atoms with Crippen molar-refractivity contribution in [1.82, 2.24) is 20.5 Å². The summed E-state index contributed by atoms with van der Waals surface area (Å²) in [4.78, 5) is 54.0. The maximum atomic E-state index is 13.7. The first-order chi connectivity index (χ1) is 19.5. The molecule has 0 saturated heterocycles. The van der Waals surface area contributed by atoms with Gasteiger partial charge in [0.05, 0.1) is 11.1 Å². The third-order valence-corrected chi connectivity index (χ3v) is 6.11. The number of urea groups is 1. The van der Waals surface area contributed by atoms with Crippen LogP contribution in [0.15, 0.2) is 54.7 Å². The van der Waals surface area contributed by atoms with Gasteiger partial charge < -0.3 is 29.7 Å². The minimum Gasteiger partial charge on any atom is -0.447 e. The van der Waals surface area contributed by atoms with Gasteiger partial charge in [0.1, 0.15) is 18.2 Å². The number of carbonyl (C=O) groups excluding carboxylic acids is 4. The molecule has 218 valence electrons. The number of carbonyl (C=O) groups is 4. The molecule has 12 nitrogen and oxygen atoms in total. The zero-order chi connectivity index (χ0) is 29.9. The van der Waals surface area contributed by atoms with Gasteiger partial charge in [0.2, 0.25) is 6.29 Å². The van der Waals surface area contributed by atoms with E-state index >= 15 is 0 Å². The van der Waals surface area contributed by atoms with E-state index in [9.17, 15) is 23.6 Å². The maximum absolute atomic E-state index is 13.7. The van der Waals surface area contributed by atoms with Crippen molar-refractivity contribution >= 4 is 52.4 Å². The first-order valence-corrected chi connectivity index (χ1v) is 12.7. The van der Waals surface area contributed by atoms with Gasteiger partial charge in [0.15, 0.2) is 0 Å². The lowest BCUT2D eigenvalue weighted by Crippen LogP contribution is -2.51. The minimum absolute atomic E-state index is 0.0865. The number of alkyl carbamates (subject to hydrolysis) is 1. The molecule has 2 atom stereocenters.